The molecule has 0 aromatic carbocycles. The fraction of sp³-hybridized carbons (Fsp3) is 0.667. The zero-order valence-corrected chi connectivity index (χ0v) is 4.94. The zero-order chi connectivity index (χ0) is 5.86. The maximum absolute atomic E-state index is 9.77. The molecule has 7 heavy (non-hydrogen) atoms. The molecule has 0 aromatic heterocycles. The average Bonchev–Trinajstić information content (AvgIpc) is 1.65. The molecule has 38 valence electrons. The van der Waals surface area contributed by atoms with Gasteiger partial charge in [0.15, 0.2) is 0 Å². The molecule has 0 heterocycles. The van der Waals surface area contributed by atoms with Gasteiger partial charge in [-0.2, -0.15) is 0 Å². The Labute approximate surface area is 45.1 Å². The van der Waals surface area contributed by atoms with Gasteiger partial charge >= 0.3 is 0 Å². The predicted octanol–water partition coefficient (Wildman–Crippen LogP) is -0.433. The Morgan fingerprint density at radius 3 is 2.43 bits per heavy atom. The Morgan fingerprint density at radius 1 is 2.00 bits per heavy atom. The zero-order valence-electron chi connectivity index (χ0n) is 4.05. The molecule has 0 saturated carbocycles. The minimum atomic E-state index is -1.05. The Hall–Kier alpha value is -0.0351. The van der Waals surface area contributed by atoms with E-state index in [0.29, 0.717) is 0 Å². The van der Waals surface area contributed by atoms with Gasteiger partial charge in [0.25, 0.3) is 0 Å². The lowest BCUT2D eigenvalue weighted by molar-refractivity contribution is -0.233. The third-order valence-electron chi connectivity index (χ3n) is 0.586. The van der Waals surface area contributed by atoms with E-state index in [1.165, 1.54) is 0 Å². The summed E-state index contributed by atoms with van der Waals surface area (Å²) in [5.74, 6) is 0. The molecule has 0 rings (SSSR count). The van der Waals surface area contributed by atoms with E-state index in [9.17, 15) is 9.90 Å². The smallest absolute Gasteiger partial charge is 0.0720 e. The first kappa shape index (κ1) is 6.96. The Balaban J connectivity index is 3.34. The molecule has 0 spiro atoms. The first-order valence-electron chi connectivity index (χ1n) is 1.80. The summed E-state index contributed by atoms with van der Waals surface area (Å²) < 4.78 is 0. The van der Waals surface area contributed by atoms with Gasteiger partial charge in [-0.05, 0) is 6.66 Å². The molecule has 1 atom stereocenters. The van der Waals surface area contributed by atoms with Gasteiger partial charge < -0.3 is 9.90 Å². The minimum Gasteiger partial charge on any atom is -0.545 e. The van der Waals surface area contributed by atoms with E-state index < -0.39 is 13.6 Å². The predicted molar refractivity (Wildman–Crippen MR) is 28.9 cm³/mol. The normalized spacial score (nSPS) is 13.3. The second-order valence-corrected chi connectivity index (χ2v) is 3.27. The highest BCUT2D eigenvalue weighted by atomic mass is 31.1. The van der Waals surface area contributed by atoms with Crippen LogP contribution in [0.1, 0.15) is 0 Å². The van der Waals surface area contributed by atoms with E-state index in [0.717, 1.165) is 0 Å². The SMILES string of the molecule is [B]CP(C)C(=O)[O-]. The monoisotopic (exact) mass is 115 g/mol. The molecule has 0 N–H and O–H groups in total. The largest absolute Gasteiger partial charge is 0.545 e. The molecule has 0 bridgehead atoms. The second-order valence-electron chi connectivity index (χ2n) is 1.15. The van der Waals surface area contributed by atoms with Crippen molar-refractivity contribution in [3.63, 3.8) is 0 Å². The van der Waals surface area contributed by atoms with E-state index in [-0.39, 0.29) is 6.06 Å². The van der Waals surface area contributed by atoms with E-state index in [2.05, 4.69) is 0 Å². The van der Waals surface area contributed by atoms with Crippen molar-refractivity contribution in [2.24, 2.45) is 0 Å². The minimum absolute atomic E-state index is 0.220. The lowest BCUT2D eigenvalue weighted by Crippen LogP contribution is -2.18. The maximum Gasteiger partial charge on any atom is 0.0720 e. The molecular weight excluding hydrogens is 110 g/mol. The molecular formula is C3H5BO2P-. The number of carbonyl (C=O) groups is 1. The summed E-state index contributed by atoms with van der Waals surface area (Å²) >= 11 is 0. The van der Waals surface area contributed by atoms with E-state index in [4.69, 9.17) is 7.85 Å². The highest BCUT2D eigenvalue weighted by molar-refractivity contribution is 7.74. The summed E-state index contributed by atoms with van der Waals surface area (Å²) in [6, 6.07) is 0.220. The van der Waals surface area contributed by atoms with Gasteiger partial charge in [-0.1, -0.05) is 14.0 Å². The molecule has 2 nitrogen and oxygen atoms in total. The number of rotatable bonds is 2. The fourth-order valence-electron chi connectivity index (χ4n) is 0.0745. The average molecular weight is 115 g/mol. The Bertz CT molecular complexity index is 75.3. The van der Waals surface area contributed by atoms with Gasteiger partial charge in [0.1, 0.15) is 0 Å². The lowest BCUT2D eigenvalue weighted by atomic mass is 10.2. The standard InChI is InChI=1S/C3H6BO2P/c1-7(2-4)3(5)6/h2H2,1H3,(H,5,6)/p-1. The fourth-order valence-corrected chi connectivity index (χ4v) is 0.224. The van der Waals surface area contributed by atoms with E-state index in [1.807, 2.05) is 0 Å². The van der Waals surface area contributed by atoms with Crippen molar-refractivity contribution < 1.29 is 9.90 Å². The third-order valence-corrected chi connectivity index (χ3v) is 1.76. The van der Waals surface area contributed by atoms with E-state index >= 15 is 0 Å². The molecule has 0 aliphatic carbocycles. The quantitative estimate of drug-likeness (QED) is 0.361. The van der Waals surface area contributed by atoms with Crippen LogP contribution in [0.15, 0.2) is 0 Å². The molecule has 1 unspecified atom stereocenters. The van der Waals surface area contributed by atoms with Crippen LogP contribution in [0.25, 0.3) is 0 Å². The summed E-state index contributed by atoms with van der Waals surface area (Å²) in [6.07, 6.45) is 0. The van der Waals surface area contributed by atoms with Crippen molar-refractivity contribution in [1.82, 2.24) is 0 Å². The number of hydrogen-bond donors (Lipinski definition) is 0. The molecule has 4 heteroatoms. The molecule has 0 aromatic rings. The van der Waals surface area contributed by atoms with E-state index in [1.54, 1.807) is 6.66 Å². The lowest BCUT2D eigenvalue weighted by Gasteiger charge is -2.07. The van der Waals surface area contributed by atoms with Crippen LogP contribution in [0.5, 0.6) is 0 Å². The van der Waals surface area contributed by atoms with Crippen molar-refractivity contribution in [2.75, 3.05) is 12.7 Å². The summed E-state index contributed by atoms with van der Waals surface area (Å²) in [5, 5.41) is 9.77. The first-order valence-corrected chi connectivity index (χ1v) is 3.78. The van der Waals surface area contributed by atoms with Gasteiger partial charge in [0.2, 0.25) is 0 Å². The molecule has 0 fully saturated rings. The van der Waals surface area contributed by atoms with Crippen LogP contribution >= 0.6 is 7.92 Å². The topological polar surface area (TPSA) is 40.1 Å². The van der Waals surface area contributed by atoms with Crippen LogP contribution in [0, 0.1) is 0 Å². The van der Waals surface area contributed by atoms with Crippen LogP contribution in [0.4, 0.5) is 4.79 Å². The summed E-state index contributed by atoms with van der Waals surface area (Å²) in [4.78, 5) is 9.77. The van der Waals surface area contributed by atoms with Crippen LogP contribution < -0.4 is 5.11 Å². The van der Waals surface area contributed by atoms with Crippen LogP contribution in [0.2, 0.25) is 0 Å². The van der Waals surface area contributed by atoms with Gasteiger partial charge in [-0.15, -0.1) is 0 Å². The Morgan fingerprint density at radius 2 is 2.43 bits per heavy atom. The molecule has 2 radical (unpaired) electrons. The maximum atomic E-state index is 9.77. The van der Waals surface area contributed by atoms with Crippen molar-refractivity contribution in [2.45, 2.75) is 0 Å². The van der Waals surface area contributed by atoms with Gasteiger partial charge in [0.05, 0.1) is 13.6 Å². The number of hydrogen-bond acceptors (Lipinski definition) is 2. The van der Waals surface area contributed by atoms with Gasteiger partial charge in [0, 0.05) is 0 Å². The molecule has 0 aliphatic rings. The summed E-state index contributed by atoms with van der Waals surface area (Å²) in [6.45, 7) is 1.57. The number of carboxylic acid groups (broad SMARTS) is 1. The molecule has 0 aliphatic heterocycles. The second kappa shape index (κ2) is 3.03. The van der Waals surface area contributed by atoms with Crippen molar-refractivity contribution in [1.29, 1.82) is 0 Å². The van der Waals surface area contributed by atoms with Crippen molar-refractivity contribution in [3.05, 3.63) is 0 Å². The highest BCUT2D eigenvalue weighted by Crippen LogP contribution is 2.26. The summed E-state index contributed by atoms with van der Waals surface area (Å²) in [5.41, 5.74) is -1.02. The number of carbonyl (C=O) groups excluding carboxylic acids is 1. The molecule has 0 saturated heterocycles. The van der Waals surface area contributed by atoms with Crippen LogP contribution in [-0.4, -0.2) is 26.3 Å². The summed E-state index contributed by atoms with van der Waals surface area (Å²) in [7, 11) is 3.93. The first-order chi connectivity index (χ1) is 3.18. The van der Waals surface area contributed by atoms with Gasteiger partial charge in [-0.25, -0.2) is 0 Å². The highest BCUT2D eigenvalue weighted by Gasteiger charge is 1.93. The van der Waals surface area contributed by atoms with Crippen LogP contribution in [0.3, 0.4) is 0 Å². The van der Waals surface area contributed by atoms with Crippen LogP contribution in [-0.2, 0) is 0 Å². The Kier molecular flexibility index (Phi) is 3.02. The van der Waals surface area contributed by atoms with Crippen molar-refractivity contribution in [3.8, 4) is 0 Å². The van der Waals surface area contributed by atoms with Crippen molar-refractivity contribution >= 4 is 21.5 Å². The van der Waals surface area contributed by atoms with Gasteiger partial charge in [-0.3, -0.25) is 0 Å². The third kappa shape index (κ3) is 2.64. The molecule has 0 amide bonds.